The number of anilines is 2. The molecule has 3 heterocycles. The summed E-state index contributed by atoms with van der Waals surface area (Å²) in [6, 6.07) is 1.02. The molecule has 1 saturated heterocycles. The highest BCUT2D eigenvalue weighted by Gasteiger charge is 2.37. The Labute approximate surface area is 123 Å². The fourth-order valence-electron chi connectivity index (χ4n) is 2.82. The molecular formula is C13H14F3N5O. The van der Waals surface area contributed by atoms with E-state index in [1.165, 1.54) is 0 Å². The van der Waals surface area contributed by atoms with E-state index < -0.39 is 11.7 Å². The molecule has 0 aliphatic carbocycles. The predicted molar refractivity (Wildman–Crippen MR) is 73.4 cm³/mol. The Bertz CT molecular complexity index is 711. The van der Waals surface area contributed by atoms with Crippen molar-refractivity contribution in [2.75, 3.05) is 23.7 Å². The molecule has 22 heavy (non-hydrogen) atoms. The minimum absolute atomic E-state index is 0.187. The maximum absolute atomic E-state index is 13.2. The number of rotatable bonds is 2. The number of nitrogens with two attached hydrogens (primary N) is 1. The van der Waals surface area contributed by atoms with Gasteiger partial charge < -0.3 is 15.4 Å². The lowest BCUT2D eigenvalue weighted by atomic mass is 10.00. The number of aromatic nitrogens is 3. The Morgan fingerprint density at radius 3 is 2.86 bits per heavy atom. The number of hydrogen-bond acceptors (Lipinski definition) is 5. The van der Waals surface area contributed by atoms with Crippen LogP contribution < -0.4 is 10.6 Å². The molecule has 1 atom stereocenters. The summed E-state index contributed by atoms with van der Waals surface area (Å²) in [5.74, 6) is -0.131. The Morgan fingerprint density at radius 2 is 2.18 bits per heavy atom. The molecule has 1 aliphatic rings. The van der Waals surface area contributed by atoms with Gasteiger partial charge in [-0.2, -0.15) is 18.3 Å². The Balaban J connectivity index is 2.14. The zero-order valence-electron chi connectivity index (χ0n) is 11.5. The molecule has 0 radical (unpaired) electrons. The zero-order chi connectivity index (χ0) is 15.9. The van der Waals surface area contributed by atoms with Gasteiger partial charge in [0.25, 0.3) is 0 Å². The first-order valence-electron chi connectivity index (χ1n) is 6.81. The third-order valence-corrected chi connectivity index (χ3v) is 3.84. The van der Waals surface area contributed by atoms with Crippen molar-refractivity contribution in [2.24, 2.45) is 5.92 Å². The Morgan fingerprint density at radius 1 is 1.41 bits per heavy atom. The van der Waals surface area contributed by atoms with Gasteiger partial charge in [-0.15, -0.1) is 0 Å². The number of carbonyl (C=O) groups excluding carboxylic acids is 1. The molecule has 0 spiro atoms. The third kappa shape index (κ3) is 2.36. The molecular weight excluding hydrogens is 299 g/mol. The number of nitrogens with zero attached hydrogens (tertiary/aromatic N) is 4. The lowest BCUT2D eigenvalue weighted by Gasteiger charge is -2.31. The normalized spacial score (nSPS) is 19.6. The number of hydrogen-bond donors (Lipinski definition) is 1. The van der Waals surface area contributed by atoms with Crippen molar-refractivity contribution in [1.29, 1.82) is 0 Å². The second-order valence-electron chi connectivity index (χ2n) is 5.30. The van der Waals surface area contributed by atoms with Gasteiger partial charge in [-0.05, 0) is 18.9 Å². The number of nitrogen functional groups attached to an aromatic ring is 1. The highest BCUT2D eigenvalue weighted by Crippen LogP contribution is 2.38. The van der Waals surface area contributed by atoms with Crippen molar-refractivity contribution >= 4 is 23.4 Å². The number of fused-ring (bicyclic) bond motifs is 1. The first-order chi connectivity index (χ1) is 10.4. The smallest absolute Gasteiger partial charge is 0.382 e. The average molecular weight is 313 g/mol. The molecule has 0 aromatic carbocycles. The fourth-order valence-corrected chi connectivity index (χ4v) is 2.82. The Kier molecular flexibility index (Phi) is 3.42. The second kappa shape index (κ2) is 5.15. The predicted octanol–water partition coefficient (Wildman–Crippen LogP) is 1.75. The number of aldehydes is 1. The van der Waals surface area contributed by atoms with E-state index in [4.69, 9.17) is 5.73 Å². The maximum atomic E-state index is 13.2. The molecule has 1 unspecified atom stereocenters. The summed E-state index contributed by atoms with van der Waals surface area (Å²) >= 11 is 0. The molecule has 0 amide bonds. The van der Waals surface area contributed by atoms with Crippen LogP contribution in [0.2, 0.25) is 0 Å². The van der Waals surface area contributed by atoms with Crippen LogP contribution in [0.15, 0.2) is 12.4 Å². The number of halogens is 3. The summed E-state index contributed by atoms with van der Waals surface area (Å²) in [5, 5.41) is 3.90. The topological polar surface area (TPSA) is 76.5 Å². The van der Waals surface area contributed by atoms with E-state index in [0.29, 0.717) is 13.1 Å². The first-order valence-corrected chi connectivity index (χ1v) is 6.81. The molecule has 2 aromatic heterocycles. The van der Waals surface area contributed by atoms with E-state index >= 15 is 0 Å². The largest absolute Gasteiger partial charge is 0.418 e. The van der Waals surface area contributed by atoms with Gasteiger partial charge in [0, 0.05) is 19.0 Å². The van der Waals surface area contributed by atoms with Crippen LogP contribution in [-0.2, 0) is 11.0 Å². The van der Waals surface area contributed by atoms with Gasteiger partial charge in [0.1, 0.15) is 23.9 Å². The van der Waals surface area contributed by atoms with Gasteiger partial charge >= 0.3 is 6.18 Å². The highest BCUT2D eigenvalue weighted by molar-refractivity contribution is 5.75. The van der Waals surface area contributed by atoms with Crippen molar-refractivity contribution in [1.82, 2.24) is 14.6 Å². The van der Waals surface area contributed by atoms with Crippen LogP contribution in [0, 0.1) is 5.92 Å². The Hall–Kier alpha value is -2.32. The summed E-state index contributed by atoms with van der Waals surface area (Å²) in [7, 11) is 0. The van der Waals surface area contributed by atoms with Crippen molar-refractivity contribution in [3.63, 3.8) is 0 Å². The molecule has 1 aliphatic heterocycles. The quantitative estimate of drug-likeness (QED) is 0.855. The molecule has 118 valence electrons. The summed E-state index contributed by atoms with van der Waals surface area (Å²) in [6.45, 7) is 0.939. The monoisotopic (exact) mass is 313 g/mol. The lowest BCUT2D eigenvalue weighted by Crippen LogP contribution is -2.36. The number of alkyl halides is 3. The standard InChI is InChI=1S/C13H14F3N5O/c14-13(15,16)9-4-10(20-3-1-2-8(5-20)6-22)21-11(9)12(17)18-7-19-21/h4,6-8H,1-3,5H2,(H2,17,18,19). The van der Waals surface area contributed by atoms with Crippen LogP contribution in [0.1, 0.15) is 18.4 Å². The minimum atomic E-state index is -4.55. The second-order valence-corrected chi connectivity index (χ2v) is 5.30. The van der Waals surface area contributed by atoms with Crippen LogP contribution in [-0.4, -0.2) is 34.0 Å². The summed E-state index contributed by atoms with van der Waals surface area (Å²) < 4.78 is 40.8. The molecule has 9 heteroatoms. The van der Waals surface area contributed by atoms with Crippen LogP contribution in [0.4, 0.5) is 24.8 Å². The van der Waals surface area contributed by atoms with Crippen LogP contribution in [0.25, 0.3) is 5.52 Å². The van der Waals surface area contributed by atoms with Crippen molar-refractivity contribution in [3.05, 3.63) is 18.0 Å². The van der Waals surface area contributed by atoms with Gasteiger partial charge in [0.15, 0.2) is 5.82 Å². The van der Waals surface area contributed by atoms with Gasteiger partial charge in [0.05, 0.1) is 5.56 Å². The SMILES string of the molecule is Nc1ncnn2c(N3CCCC(C=O)C3)cc(C(F)(F)F)c12. The third-order valence-electron chi connectivity index (χ3n) is 3.84. The van der Waals surface area contributed by atoms with Crippen LogP contribution in [0.5, 0.6) is 0 Å². The van der Waals surface area contributed by atoms with E-state index in [1.807, 2.05) is 0 Å². The maximum Gasteiger partial charge on any atom is 0.418 e. The van der Waals surface area contributed by atoms with E-state index in [9.17, 15) is 18.0 Å². The molecule has 3 rings (SSSR count). The zero-order valence-corrected chi connectivity index (χ0v) is 11.5. The molecule has 6 nitrogen and oxygen atoms in total. The number of carbonyl (C=O) groups is 1. The van der Waals surface area contributed by atoms with Gasteiger partial charge in [-0.25, -0.2) is 9.50 Å². The average Bonchev–Trinajstić information content (AvgIpc) is 2.88. The first kappa shape index (κ1) is 14.6. The van der Waals surface area contributed by atoms with Crippen LogP contribution >= 0.6 is 0 Å². The molecule has 0 saturated carbocycles. The highest BCUT2D eigenvalue weighted by atomic mass is 19.4. The van der Waals surface area contributed by atoms with Crippen LogP contribution in [0.3, 0.4) is 0 Å². The molecule has 2 N–H and O–H groups in total. The summed E-state index contributed by atoms with van der Waals surface area (Å²) in [4.78, 5) is 16.3. The van der Waals surface area contributed by atoms with E-state index in [0.717, 1.165) is 36.0 Å². The lowest BCUT2D eigenvalue weighted by molar-refractivity contribution is -0.136. The minimum Gasteiger partial charge on any atom is -0.382 e. The van der Waals surface area contributed by atoms with Gasteiger partial charge in [-0.1, -0.05) is 0 Å². The van der Waals surface area contributed by atoms with Gasteiger partial charge in [-0.3, -0.25) is 0 Å². The van der Waals surface area contributed by atoms with Crippen molar-refractivity contribution < 1.29 is 18.0 Å². The fraction of sp³-hybridized carbons (Fsp3) is 0.462. The van der Waals surface area contributed by atoms with E-state index in [1.54, 1.807) is 4.90 Å². The number of piperidine rings is 1. The van der Waals surface area contributed by atoms with E-state index in [-0.39, 0.29) is 23.1 Å². The van der Waals surface area contributed by atoms with E-state index in [2.05, 4.69) is 10.1 Å². The summed E-state index contributed by atoms with van der Waals surface area (Å²) in [6.07, 6.45) is -1.11. The van der Waals surface area contributed by atoms with Crippen molar-refractivity contribution in [2.45, 2.75) is 19.0 Å². The summed E-state index contributed by atoms with van der Waals surface area (Å²) in [5.41, 5.74) is 4.48. The molecule has 2 aromatic rings. The van der Waals surface area contributed by atoms with Crippen molar-refractivity contribution in [3.8, 4) is 0 Å². The molecule has 0 bridgehead atoms. The van der Waals surface area contributed by atoms with Gasteiger partial charge in [0.2, 0.25) is 0 Å². The molecule has 1 fully saturated rings.